The molecule has 0 saturated carbocycles. The Morgan fingerprint density at radius 1 is 1.40 bits per heavy atom. The Balaban J connectivity index is 2.23. The van der Waals surface area contributed by atoms with Gasteiger partial charge in [0.15, 0.2) is 0 Å². The van der Waals surface area contributed by atoms with E-state index in [9.17, 15) is 5.11 Å². The summed E-state index contributed by atoms with van der Waals surface area (Å²) in [5.41, 5.74) is 2.75. The molecule has 0 heterocycles. The Bertz CT molecular complexity index is 344. The van der Waals surface area contributed by atoms with Crippen LogP contribution >= 0.6 is 0 Å². The predicted octanol–water partition coefficient (Wildman–Crippen LogP) is 2.18. The van der Waals surface area contributed by atoms with Crippen LogP contribution in [0.5, 0.6) is 5.75 Å². The summed E-state index contributed by atoms with van der Waals surface area (Å²) in [5.74, 6) is 1.32. The van der Waals surface area contributed by atoms with Gasteiger partial charge in [0.1, 0.15) is 5.75 Å². The van der Waals surface area contributed by atoms with Crippen LogP contribution in [-0.4, -0.2) is 18.3 Å². The van der Waals surface area contributed by atoms with Crippen molar-refractivity contribution in [1.29, 1.82) is 0 Å². The highest BCUT2D eigenvalue weighted by Gasteiger charge is 2.22. The SMILES string of the molecule is COc1ccc2c(c1)CC(C(C)O)CC2. The maximum atomic E-state index is 9.60. The van der Waals surface area contributed by atoms with Gasteiger partial charge < -0.3 is 9.84 Å². The largest absolute Gasteiger partial charge is 0.497 e. The van der Waals surface area contributed by atoms with Gasteiger partial charge in [-0.15, -0.1) is 0 Å². The van der Waals surface area contributed by atoms with E-state index in [2.05, 4.69) is 12.1 Å². The van der Waals surface area contributed by atoms with Crippen LogP contribution < -0.4 is 4.74 Å². The summed E-state index contributed by atoms with van der Waals surface area (Å²) in [6.07, 6.45) is 2.94. The zero-order valence-corrected chi connectivity index (χ0v) is 9.36. The molecule has 2 atom stereocenters. The molecule has 15 heavy (non-hydrogen) atoms. The van der Waals surface area contributed by atoms with Gasteiger partial charge in [0.05, 0.1) is 13.2 Å². The Labute approximate surface area is 90.9 Å². The monoisotopic (exact) mass is 206 g/mol. The predicted molar refractivity (Wildman–Crippen MR) is 60.2 cm³/mol. The van der Waals surface area contributed by atoms with E-state index in [0.717, 1.165) is 25.0 Å². The Hall–Kier alpha value is -1.02. The molecular formula is C13H18O2. The number of hydrogen-bond acceptors (Lipinski definition) is 2. The number of ether oxygens (including phenoxy) is 1. The highest BCUT2D eigenvalue weighted by molar-refractivity contribution is 5.37. The molecule has 1 aromatic carbocycles. The van der Waals surface area contributed by atoms with Gasteiger partial charge in [-0.25, -0.2) is 0 Å². The van der Waals surface area contributed by atoms with E-state index < -0.39 is 0 Å². The summed E-state index contributed by atoms with van der Waals surface area (Å²) in [4.78, 5) is 0. The van der Waals surface area contributed by atoms with E-state index >= 15 is 0 Å². The molecule has 2 rings (SSSR count). The van der Waals surface area contributed by atoms with E-state index in [1.165, 1.54) is 11.1 Å². The van der Waals surface area contributed by atoms with Gasteiger partial charge in [0.2, 0.25) is 0 Å². The molecule has 0 saturated heterocycles. The second-order valence-corrected chi connectivity index (χ2v) is 4.38. The Kier molecular flexibility index (Phi) is 2.96. The van der Waals surface area contributed by atoms with Crippen molar-refractivity contribution in [1.82, 2.24) is 0 Å². The smallest absolute Gasteiger partial charge is 0.119 e. The number of aryl methyl sites for hydroxylation is 1. The number of fused-ring (bicyclic) bond motifs is 1. The van der Waals surface area contributed by atoms with E-state index in [0.29, 0.717) is 5.92 Å². The van der Waals surface area contributed by atoms with Crippen LogP contribution in [-0.2, 0) is 12.8 Å². The zero-order chi connectivity index (χ0) is 10.8. The van der Waals surface area contributed by atoms with Crippen LogP contribution in [0.2, 0.25) is 0 Å². The number of aliphatic hydroxyl groups excluding tert-OH is 1. The molecule has 82 valence electrons. The van der Waals surface area contributed by atoms with Crippen molar-refractivity contribution in [2.24, 2.45) is 5.92 Å². The van der Waals surface area contributed by atoms with Gasteiger partial charge in [-0.3, -0.25) is 0 Å². The van der Waals surface area contributed by atoms with Crippen molar-refractivity contribution < 1.29 is 9.84 Å². The normalized spacial score (nSPS) is 21.9. The van der Waals surface area contributed by atoms with Crippen LogP contribution in [0.15, 0.2) is 18.2 Å². The lowest BCUT2D eigenvalue weighted by atomic mass is 9.81. The molecule has 1 aliphatic carbocycles. The number of aliphatic hydroxyl groups is 1. The second-order valence-electron chi connectivity index (χ2n) is 4.38. The van der Waals surface area contributed by atoms with Crippen LogP contribution in [0.25, 0.3) is 0 Å². The highest BCUT2D eigenvalue weighted by Crippen LogP contribution is 2.30. The van der Waals surface area contributed by atoms with E-state index in [1.54, 1.807) is 7.11 Å². The molecule has 1 aliphatic rings. The fourth-order valence-corrected chi connectivity index (χ4v) is 2.30. The van der Waals surface area contributed by atoms with Gasteiger partial charge in [-0.05, 0) is 55.4 Å². The average Bonchev–Trinajstić information content (AvgIpc) is 2.27. The Morgan fingerprint density at radius 2 is 2.20 bits per heavy atom. The first-order valence-corrected chi connectivity index (χ1v) is 5.54. The maximum Gasteiger partial charge on any atom is 0.119 e. The summed E-state index contributed by atoms with van der Waals surface area (Å²) in [7, 11) is 1.69. The van der Waals surface area contributed by atoms with Gasteiger partial charge in [0.25, 0.3) is 0 Å². The van der Waals surface area contributed by atoms with Crippen molar-refractivity contribution in [2.75, 3.05) is 7.11 Å². The lowest BCUT2D eigenvalue weighted by Gasteiger charge is -2.26. The van der Waals surface area contributed by atoms with Crippen molar-refractivity contribution in [3.05, 3.63) is 29.3 Å². The third-order valence-corrected chi connectivity index (χ3v) is 3.36. The molecule has 1 aromatic rings. The number of hydrogen-bond donors (Lipinski definition) is 1. The summed E-state index contributed by atoms with van der Waals surface area (Å²) in [5, 5.41) is 9.60. The minimum atomic E-state index is -0.204. The van der Waals surface area contributed by atoms with Gasteiger partial charge in [-0.1, -0.05) is 6.07 Å². The maximum absolute atomic E-state index is 9.60. The quantitative estimate of drug-likeness (QED) is 0.803. The molecule has 0 fully saturated rings. The molecule has 0 spiro atoms. The van der Waals surface area contributed by atoms with Gasteiger partial charge >= 0.3 is 0 Å². The molecule has 2 heteroatoms. The number of benzene rings is 1. The van der Waals surface area contributed by atoms with Crippen LogP contribution in [0, 0.1) is 5.92 Å². The lowest BCUT2D eigenvalue weighted by molar-refractivity contribution is 0.116. The van der Waals surface area contributed by atoms with Crippen LogP contribution in [0.3, 0.4) is 0 Å². The third kappa shape index (κ3) is 2.15. The third-order valence-electron chi connectivity index (χ3n) is 3.36. The average molecular weight is 206 g/mol. The zero-order valence-electron chi connectivity index (χ0n) is 9.36. The number of rotatable bonds is 2. The molecule has 0 radical (unpaired) electrons. The molecule has 2 unspecified atom stereocenters. The molecule has 0 aliphatic heterocycles. The van der Waals surface area contributed by atoms with Crippen molar-refractivity contribution in [3.8, 4) is 5.75 Å². The fraction of sp³-hybridized carbons (Fsp3) is 0.538. The summed E-state index contributed by atoms with van der Waals surface area (Å²) < 4.78 is 5.21. The van der Waals surface area contributed by atoms with E-state index in [4.69, 9.17) is 4.74 Å². The van der Waals surface area contributed by atoms with Crippen molar-refractivity contribution in [2.45, 2.75) is 32.3 Å². The molecule has 0 amide bonds. The van der Waals surface area contributed by atoms with Crippen LogP contribution in [0.4, 0.5) is 0 Å². The standard InChI is InChI=1S/C13H18O2/c1-9(14)11-4-3-10-5-6-13(15-2)8-12(10)7-11/h5-6,8-9,11,14H,3-4,7H2,1-2H3. The first kappa shape index (κ1) is 10.5. The lowest BCUT2D eigenvalue weighted by Crippen LogP contribution is -2.24. The summed E-state index contributed by atoms with van der Waals surface area (Å²) in [6, 6.07) is 6.26. The number of methoxy groups -OCH3 is 1. The van der Waals surface area contributed by atoms with Gasteiger partial charge in [-0.2, -0.15) is 0 Å². The first-order valence-electron chi connectivity index (χ1n) is 5.54. The minimum absolute atomic E-state index is 0.204. The van der Waals surface area contributed by atoms with Gasteiger partial charge in [0, 0.05) is 0 Å². The summed E-state index contributed by atoms with van der Waals surface area (Å²) in [6.45, 7) is 1.88. The van der Waals surface area contributed by atoms with Crippen molar-refractivity contribution >= 4 is 0 Å². The summed E-state index contributed by atoms with van der Waals surface area (Å²) >= 11 is 0. The molecule has 1 N–H and O–H groups in total. The van der Waals surface area contributed by atoms with E-state index in [-0.39, 0.29) is 6.10 Å². The first-order chi connectivity index (χ1) is 7.20. The topological polar surface area (TPSA) is 29.5 Å². The highest BCUT2D eigenvalue weighted by atomic mass is 16.5. The Morgan fingerprint density at radius 3 is 2.87 bits per heavy atom. The second kappa shape index (κ2) is 4.23. The molecule has 0 aromatic heterocycles. The van der Waals surface area contributed by atoms with Crippen molar-refractivity contribution in [3.63, 3.8) is 0 Å². The fourth-order valence-electron chi connectivity index (χ4n) is 2.30. The van der Waals surface area contributed by atoms with Crippen LogP contribution in [0.1, 0.15) is 24.5 Å². The molecule has 2 nitrogen and oxygen atoms in total. The minimum Gasteiger partial charge on any atom is -0.497 e. The van der Waals surface area contributed by atoms with E-state index in [1.807, 2.05) is 13.0 Å². The molecule has 0 bridgehead atoms. The molecular weight excluding hydrogens is 188 g/mol.